The molecule has 60 valence electrons. The lowest BCUT2D eigenvalue weighted by molar-refractivity contribution is -0.342. The average molecular weight is 152 g/mol. The molecule has 2 aliphatic carbocycles. The molecule has 0 radical (unpaired) electrons. The summed E-state index contributed by atoms with van der Waals surface area (Å²) in [4.78, 5) is 0. The largest absolute Gasteiger partial charge is 0.326 e. The van der Waals surface area contributed by atoms with Crippen LogP contribution in [0.5, 0.6) is 0 Å². The summed E-state index contributed by atoms with van der Waals surface area (Å²) < 4.78 is 10.6. The van der Waals surface area contributed by atoms with E-state index in [-0.39, 0.29) is 6.29 Å². The SMILES string of the molecule is C1=CC2CC1CC2C1OCO1. The molecule has 0 aromatic carbocycles. The third kappa shape index (κ3) is 0.797. The molecule has 0 aromatic heterocycles. The van der Waals surface area contributed by atoms with E-state index in [2.05, 4.69) is 12.2 Å². The standard InChI is InChI=1S/C9H12O2/c1-2-7-3-6(1)4-8(7)9-10-5-11-9/h1-2,6-9H,3-5H2. The molecule has 3 rings (SSSR count). The van der Waals surface area contributed by atoms with Crippen LogP contribution in [0, 0.1) is 17.8 Å². The van der Waals surface area contributed by atoms with Crippen LogP contribution in [0.3, 0.4) is 0 Å². The smallest absolute Gasteiger partial charge is 0.166 e. The van der Waals surface area contributed by atoms with Gasteiger partial charge in [-0.05, 0) is 24.7 Å². The average Bonchev–Trinajstić information content (AvgIpc) is 2.42. The summed E-state index contributed by atoms with van der Waals surface area (Å²) in [6.45, 7) is 0.516. The zero-order chi connectivity index (χ0) is 7.26. The minimum Gasteiger partial charge on any atom is -0.326 e. The Hall–Kier alpha value is -0.340. The van der Waals surface area contributed by atoms with Crippen LogP contribution in [0.2, 0.25) is 0 Å². The van der Waals surface area contributed by atoms with Crippen LogP contribution < -0.4 is 0 Å². The van der Waals surface area contributed by atoms with Gasteiger partial charge < -0.3 is 9.47 Å². The highest BCUT2D eigenvalue weighted by atomic mass is 16.8. The summed E-state index contributed by atoms with van der Waals surface area (Å²) in [6, 6.07) is 0. The van der Waals surface area contributed by atoms with Crippen molar-refractivity contribution in [2.24, 2.45) is 17.8 Å². The number of fused-ring (bicyclic) bond motifs is 2. The second-order valence-electron chi connectivity index (χ2n) is 3.76. The highest BCUT2D eigenvalue weighted by Gasteiger charge is 2.43. The van der Waals surface area contributed by atoms with E-state index in [1.807, 2.05) is 0 Å². The fourth-order valence-electron chi connectivity index (χ4n) is 2.53. The van der Waals surface area contributed by atoms with Crippen LogP contribution in [-0.2, 0) is 9.47 Å². The summed E-state index contributed by atoms with van der Waals surface area (Å²) in [5.41, 5.74) is 0. The predicted molar refractivity (Wildman–Crippen MR) is 39.7 cm³/mol. The van der Waals surface area contributed by atoms with Gasteiger partial charge in [-0.25, -0.2) is 0 Å². The van der Waals surface area contributed by atoms with Crippen LogP contribution >= 0.6 is 0 Å². The van der Waals surface area contributed by atoms with E-state index < -0.39 is 0 Å². The molecule has 2 heteroatoms. The van der Waals surface area contributed by atoms with Gasteiger partial charge >= 0.3 is 0 Å². The van der Waals surface area contributed by atoms with Crippen LogP contribution in [0.25, 0.3) is 0 Å². The van der Waals surface area contributed by atoms with Gasteiger partial charge in [-0.3, -0.25) is 0 Å². The maximum atomic E-state index is 5.31. The van der Waals surface area contributed by atoms with Crippen molar-refractivity contribution < 1.29 is 9.47 Å². The van der Waals surface area contributed by atoms with Crippen LogP contribution in [0.1, 0.15) is 12.8 Å². The van der Waals surface area contributed by atoms with Gasteiger partial charge in [0.25, 0.3) is 0 Å². The maximum Gasteiger partial charge on any atom is 0.166 e. The molecular weight excluding hydrogens is 140 g/mol. The zero-order valence-electron chi connectivity index (χ0n) is 6.40. The lowest BCUT2D eigenvalue weighted by Crippen LogP contribution is -2.39. The van der Waals surface area contributed by atoms with Gasteiger partial charge in [0.1, 0.15) is 0 Å². The van der Waals surface area contributed by atoms with Crippen molar-refractivity contribution in [3.8, 4) is 0 Å². The Labute approximate surface area is 66.2 Å². The Bertz CT molecular complexity index is 196. The van der Waals surface area contributed by atoms with E-state index in [1.165, 1.54) is 12.8 Å². The zero-order valence-corrected chi connectivity index (χ0v) is 6.40. The molecule has 0 N–H and O–H groups in total. The molecule has 0 aromatic rings. The summed E-state index contributed by atoms with van der Waals surface area (Å²) in [5, 5.41) is 0. The quantitative estimate of drug-likeness (QED) is 0.530. The molecule has 2 fully saturated rings. The van der Waals surface area contributed by atoms with Crippen LogP contribution in [-0.4, -0.2) is 13.1 Å². The first-order valence-corrected chi connectivity index (χ1v) is 4.35. The second-order valence-corrected chi connectivity index (χ2v) is 3.76. The van der Waals surface area contributed by atoms with Gasteiger partial charge in [0, 0.05) is 5.92 Å². The third-order valence-corrected chi connectivity index (χ3v) is 3.14. The highest BCUT2D eigenvalue weighted by molar-refractivity contribution is 5.10. The van der Waals surface area contributed by atoms with Crippen molar-refractivity contribution in [2.75, 3.05) is 6.79 Å². The van der Waals surface area contributed by atoms with Crippen molar-refractivity contribution in [1.29, 1.82) is 0 Å². The van der Waals surface area contributed by atoms with E-state index in [1.54, 1.807) is 0 Å². The number of hydrogen-bond acceptors (Lipinski definition) is 2. The molecule has 2 nitrogen and oxygen atoms in total. The van der Waals surface area contributed by atoms with Crippen molar-refractivity contribution in [2.45, 2.75) is 19.1 Å². The first kappa shape index (κ1) is 6.21. The molecule has 1 aliphatic heterocycles. The molecule has 1 saturated carbocycles. The predicted octanol–water partition coefficient (Wildman–Crippen LogP) is 1.53. The number of ether oxygens (including phenoxy) is 2. The first-order valence-electron chi connectivity index (χ1n) is 4.35. The van der Waals surface area contributed by atoms with E-state index in [0.717, 1.165) is 11.8 Å². The molecule has 2 bridgehead atoms. The summed E-state index contributed by atoms with van der Waals surface area (Å²) in [6.07, 6.45) is 7.44. The van der Waals surface area contributed by atoms with E-state index in [4.69, 9.17) is 9.47 Å². The fourth-order valence-corrected chi connectivity index (χ4v) is 2.53. The topological polar surface area (TPSA) is 18.5 Å². The van der Waals surface area contributed by atoms with E-state index in [9.17, 15) is 0 Å². The lowest BCUT2D eigenvalue weighted by Gasteiger charge is -2.34. The number of allylic oxidation sites excluding steroid dienone is 2. The Kier molecular flexibility index (Phi) is 1.17. The minimum atomic E-state index is 0.134. The molecule has 3 unspecified atom stereocenters. The van der Waals surface area contributed by atoms with Gasteiger partial charge in [-0.1, -0.05) is 12.2 Å². The van der Waals surface area contributed by atoms with Gasteiger partial charge in [-0.15, -0.1) is 0 Å². The van der Waals surface area contributed by atoms with Crippen molar-refractivity contribution in [3.63, 3.8) is 0 Å². The lowest BCUT2D eigenvalue weighted by atomic mass is 9.93. The van der Waals surface area contributed by atoms with Gasteiger partial charge in [0.15, 0.2) is 13.1 Å². The summed E-state index contributed by atoms with van der Waals surface area (Å²) in [5.74, 6) is 2.25. The molecule has 1 heterocycles. The molecule has 0 amide bonds. The molecule has 0 spiro atoms. The Balaban J connectivity index is 1.75. The van der Waals surface area contributed by atoms with Gasteiger partial charge in [0.05, 0.1) is 0 Å². The molecular formula is C9H12O2. The van der Waals surface area contributed by atoms with Crippen LogP contribution in [0.15, 0.2) is 12.2 Å². The Morgan fingerprint density at radius 1 is 1.09 bits per heavy atom. The highest BCUT2D eigenvalue weighted by Crippen LogP contribution is 2.46. The molecule has 11 heavy (non-hydrogen) atoms. The molecule has 3 aliphatic rings. The van der Waals surface area contributed by atoms with Gasteiger partial charge in [0.2, 0.25) is 0 Å². The van der Waals surface area contributed by atoms with E-state index in [0.29, 0.717) is 12.7 Å². The Morgan fingerprint density at radius 2 is 2.00 bits per heavy atom. The second kappa shape index (κ2) is 2.08. The minimum absolute atomic E-state index is 0.134. The van der Waals surface area contributed by atoms with Crippen molar-refractivity contribution in [3.05, 3.63) is 12.2 Å². The Morgan fingerprint density at radius 3 is 2.45 bits per heavy atom. The fraction of sp³-hybridized carbons (Fsp3) is 0.778. The normalized spacial score (nSPS) is 48.2. The van der Waals surface area contributed by atoms with Crippen molar-refractivity contribution in [1.82, 2.24) is 0 Å². The number of hydrogen-bond donors (Lipinski definition) is 0. The maximum absolute atomic E-state index is 5.31. The third-order valence-electron chi connectivity index (χ3n) is 3.14. The number of rotatable bonds is 1. The molecule has 1 saturated heterocycles. The van der Waals surface area contributed by atoms with Crippen LogP contribution in [0.4, 0.5) is 0 Å². The monoisotopic (exact) mass is 152 g/mol. The first-order chi connectivity index (χ1) is 5.43. The summed E-state index contributed by atoms with van der Waals surface area (Å²) >= 11 is 0. The van der Waals surface area contributed by atoms with Gasteiger partial charge in [-0.2, -0.15) is 0 Å². The van der Waals surface area contributed by atoms with Crippen molar-refractivity contribution >= 4 is 0 Å². The van der Waals surface area contributed by atoms with E-state index >= 15 is 0 Å². The molecule has 3 atom stereocenters. The summed E-state index contributed by atoms with van der Waals surface area (Å²) in [7, 11) is 0.